The van der Waals surface area contributed by atoms with Crippen LogP contribution >= 0.6 is 0 Å². The largest absolute Gasteiger partial charge is 0.346 e. The lowest BCUT2D eigenvalue weighted by Crippen LogP contribution is -2.14. The zero-order valence-electron chi connectivity index (χ0n) is 11.9. The molecule has 2 rings (SSSR count). The van der Waals surface area contributed by atoms with Gasteiger partial charge in [-0.15, -0.1) is 0 Å². The highest BCUT2D eigenvalue weighted by Crippen LogP contribution is 2.15. The summed E-state index contributed by atoms with van der Waals surface area (Å²) in [7, 11) is 0. The van der Waals surface area contributed by atoms with Crippen molar-refractivity contribution in [1.29, 1.82) is 0 Å². The summed E-state index contributed by atoms with van der Waals surface area (Å²) in [4.78, 5) is 7.52. The molecule has 0 saturated heterocycles. The second-order valence-electron chi connectivity index (χ2n) is 5.16. The van der Waals surface area contributed by atoms with Gasteiger partial charge in [0.05, 0.1) is 0 Å². The molecule has 0 aliphatic carbocycles. The molecule has 0 unspecified atom stereocenters. The van der Waals surface area contributed by atoms with Gasteiger partial charge in [0.25, 0.3) is 0 Å². The SMILES string of the molecule is CCCCCCCCNCc1c[nH]c2ncccc12. The Labute approximate surface area is 115 Å². The van der Waals surface area contributed by atoms with Crippen molar-refractivity contribution in [2.45, 2.75) is 52.0 Å². The summed E-state index contributed by atoms with van der Waals surface area (Å²) in [6.07, 6.45) is 12.0. The number of rotatable bonds is 9. The monoisotopic (exact) mass is 259 g/mol. The van der Waals surface area contributed by atoms with Gasteiger partial charge in [-0.2, -0.15) is 0 Å². The van der Waals surface area contributed by atoms with E-state index in [0.717, 1.165) is 18.7 Å². The minimum atomic E-state index is 0.931. The molecule has 2 heterocycles. The number of unbranched alkanes of at least 4 members (excludes halogenated alkanes) is 5. The number of fused-ring (bicyclic) bond motifs is 1. The van der Waals surface area contributed by atoms with Gasteiger partial charge in [0, 0.05) is 24.3 Å². The van der Waals surface area contributed by atoms with Gasteiger partial charge in [0.2, 0.25) is 0 Å². The Balaban J connectivity index is 1.63. The maximum atomic E-state index is 4.30. The maximum absolute atomic E-state index is 4.30. The predicted octanol–water partition coefficient (Wildman–Crippen LogP) is 4.01. The number of hydrogen-bond donors (Lipinski definition) is 2. The predicted molar refractivity (Wildman–Crippen MR) is 81.2 cm³/mol. The molecule has 0 radical (unpaired) electrons. The van der Waals surface area contributed by atoms with E-state index >= 15 is 0 Å². The minimum Gasteiger partial charge on any atom is -0.346 e. The lowest BCUT2D eigenvalue weighted by molar-refractivity contribution is 0.572. The molecule has 104 valence electrons. The van der Waals surface area contributed by atoms with E-state index in [1.54, 1.807) is 0 Å². The van der Waals surface area contributed by atoms with Crippen LogP contribution in [0, 0.1) is 0 Å². The summed E-state index contributed by atoms with van der Waals surface area (Å²) in [5.41, 5.74) is 2.30. The van der Waals surface area contributed by atoms with E-state index in [9.17, 15) is 0 Å². The van der Waals surface area contributed by atoms with E-state index in [1.165, 1.54) is 49.5 Å². The number of hydrogen-bond acceptors (Lipinski definition) is 2. The summed E-state index contributed by atoms with van der Waals surface area (Å²) in [6.45, 7) is 4.30. The number of nitrogens with zero attached hydrogens (tertiary/aromatic N) is 1. The molecular weight excluding hydrogens is 234 g/mol. The van der Waals surface area contributed by atoms with Crippen molar-refractivity contribution in [3.8, 4) is 0 Å². The fourth-order valence-corrected chi connectivity index (χ4v) is 2.41. The van der Waals surface area contributed by atoms with Crippen LogP contribution in [0.25, 0.3) is 11.0 Å². The van der Waals surface area contributed by atoms with E-state index in [4.69, 9.17) is 0 Å². The lowest BCUT2D eigenvalue weighted by atomic mass is 10.1. The Morgan fingerprint density at radius 1 is 1.16 bits per heavy atom. The molecule has 0 bridgehead atoms. The van der Waals surface area contributed by atoms with Crippen LogP contribution in [0.5, 0.6) is 0 Å². The molecule has 19 heavy (non-hydrogen) atoms. The average molecular weight is 259 g/mol. The van der Waals surface area contributed by atoms with Gasteiger partial charge in [-0.1, -0.05) is 39.0 Å². The van der Waals surface area contributed by atoms with E-state index in [0.29, 0.717) is 0 Å². The fourth-order valence-electron chi connectivity index (χ4n) is 2.41. The average Bonchev–Trinajstić information content (AvgIpc) is 2.85. The van der Waals surface area contributed by atoms with E-state index in [2.05, 4.69) is 34.5 Å². The van der Waals surface area contributed by atoms with Crippen LogP contribution in [0.4, 0.5) is 0 Å². The quantitative estimate of drug-likeness (QED) is 0.668. The third-order valence-electron chi connectivity index (χ3n) is 3.56. The van der Waals surface area contributed by atoms with Crippen molar-refractivity contribution in [2.24, 2.45) is 0 Å². The summed E-state index contributed by atoms with van der Waals surface area (Å²) in [5.74, 6) is 0. The molecule has 0 spiro atoms. The lowest BCUT2D eigenvalue weighted by Gasteiger charge is -2.04. The van der Waals surface area contributed by atoms with Crippen molar-refractivity contribution in [1.82, 2.24) is 15.3 Å². The molecule has 3 heteroatoms. The third kappa shape index (κ3) is 4.35. The molecule has 3 nitrogen and oxygen atoms in total. The van der Waals surface area contributed by atoms with Gasteiger partial charge >= 0.3 is 0 Å². The van der Waals surface area contributed by atoms with Gasteiger partial charge in [-0.25, -0.2) is 4.98 Å². The van der Waals surface area contributed by atoms with Crippen LogP contribution in [-0.2, 0) is 6.54 Å². The first-order valence-electron chi connectivity index (χ1n) is 7.53. The molecule has 0 saturated carbocycles. The van der Waals surface area contributed by atoms with Gasteiger partial charge in [0.1, 0.15) is 5.65 Å². The highest BCUT2D eigenvalue weighted by Gasteiger charge is 2.02. The van der Waals surface area contributed by atoms with E-state index in [1.807, 2.05) is 12.3 Å². The summed E-state index contributed by atoms with van der Waals surface area (Å²) in [5, 5.41) is 4.76. The molecule has 0 aromatic carbocycles. The topological polar surface area (TPSA) is 40.7 Å². The molecule has 0 amide bonds. The Bertz CT molecular complexity index is 476. The standard InChI is InChI=1S/C16H25N3/c1-2-3-4-5-6-7-10-17-12-14-13-19-16-15(14)9-8-11-18-16/h8-9,11,13,17H,2-7,10,12H2,1H3,(H,18,19). The number of aromatic amines is 1. The second-order valence-corrected chi connectivity index (χ2v) is 5.16. The van der Waals surface area contributed by atoms with Gasteiger partial charge in [0.15, 0.2) is 0 Å². The Kier molecular flexibility index (Phi) is 5.89. The molecule has 0 atom stereocenters. The van der Waals surface area contributed by atoms with Crippen LogP contribution in [-0.4, -0.2) is 16.5 Å². The zero-order valence-corrected chi connectivity index (χ0v) is 11.9. The smallest absolute Gasteiger partial charge is 0.137 e. The molecule has 0 aliphatic heterocycles. The Hall–Kier alpha value is -1.35. The van der Waals surface area contributed by atoms with Crippen LogP contribution in [0.1, 0.15) is 51.0 Å². The molecule has 2 aromatic rings. The van der Waals surface area contributed by atoms with Crippen molar-refractivity contribution in [2.75, 3.05) is 6.54 Å². The first kappa shape index (κ1) is 14.1. The Morgan fingerprint density at radius 3 is 2.89 bits per heavy atom. The highest BCUT2D eigenvalue weighted by molar-refractivity contribution is 5.79. The van der Waals surface area contributed by atoms with Crippen molar-refractivity contribution < 1.29 is 0 Å². The van der Waals surface area contributed by atoms with Crippen molar-refractivity contribution >= 4 is 11.0 Å². The zero-order chi connectivity index (χ0) is 13.3. The normalized spacial score (nSPS) is 11.2. The van der Waals surface area contributed by atoms with Gasteiger partial charge in [-0.3, -0.25) is 0 Å². The van der Waals surface area contributed by atoms with Gasteiger partial charge in [-0.05, 0) is 30.7 Å². The summed E-state index contributed by atoms with van der Waals surface area (Å²) in [6, 6.07) is 4.12. The fraction of sp³-hybridized carbons (Fsp3) is 0.562. The molecule has 2 aromatic heterocycles. The van der Waals surface area contributed by atoms with Gasteiger partial charge < -0.3 is 10.3 Å². The number of aromatic nitrogens is 2. The number of nitrogens with one attached hydrogen (secondary N) is 2. The molecule has 0 aliphatic rings. The van der Waals surface area contributed by atoms with Crippen molar-refractivity contribution in [3.05, 3.63) is 30.1 Å². The van der Waals surface area contributed by atoms with E-state index < -0.39 is 0 Å². The third-order valence-corrected chi connectivity index (χ3v) is 3.56. The Morgan fingerprint density at radius 2 is 2.00 bits per heavy atom. The van der Waals surface area contributed by atoms with Crippen molar-refractivity contribution in [3.63, 3.8) is 0 Å². The first-order chi connectivity index (χ1) is 9.42. The van der Waals surface area contributed by atoms with E-state index in [-0.39, 0.29) is 0 Å². The number of pyridine rings is 1. The maximum Gasteiger partial charge on any atom is 0.137 e. The van der Waals surface area contributed by atoms with Crippen LogP contribution in [0.15, 0.2) is 24.5 Å². The summed E-state index contributed by atoms with van der Waals surface area (Å²) >= 11 is 0. The number of H-pyrrole nitrogens is 1. The van der Waals surface area contributed by atoms with Crippen LogP contribution in [0.3, 0.4) is 0 Å². The second kappa shape index (κ2) is 7.95. The minimum absolute atomic E-state index is 0.931. The molecule has 0 fully saturated rings. The van der Waals surface area contributed by atoms with Crippen LogP contribution < -0.4 is 5.32 Å². The molecular formula is C16H25N3. The van der Waals surface area contributed by atoms with Crippen LogP contribution in [0.2, 0.25) is 0 Å². The first-order valence-corrected chi connectivity index (χ1v) is 7.53. The highest BCUT2D eigenvalue weighted by atomic mass is 14.9. The summed E-state index contributed by atoms with van der Waals surface area (Å²) < 4.78 is 0. The molecule has 2 N–H and O–H groups in total.